The first kappa shape index (κ1) is 14.8. The van der Waals surface area contributed by atoms with Crippen LogP contribution in [0.15, 0.2) is 67.2 Å². The van der Waals surface area contributed by atoms with E-state index in [4.69, 9.17) is 4.43 Å². The Labute approximate surface area is 123 Å². The van der Waals surface area contributed by atoms with Crippen LogP contribution in [0.1, 0.15) is 17.2 Å². The van der Waals surface area contributed by atoms with Gasteiger partial charge in [-0.3, -0.25) is 0 Å². The van der Waals surface area contributed by atoms with Gasteiger partial charge in [0.2, 0.25) is 0 Å². The fourth-order valence-corrected chi connectivity index (χ4v) is 3.11. The average Bonchev–Trinajstić information content (AvgIpc) is 2.45. The molecule has 0 radical (unpaired) electrons. The first-order chi connectivity index (χ1) is 9.47. The second kappa shape index (κ2) is 6.20. The van der Waals surface area contributed by atoms with Crippen molar-refractivity contribution < 1.29 is 4.43 Å². The van der Waals surface area contributed by atoms with Crippen LogP contribution in [-0.2, 0) is 4.43 Å². The van der Waals surface area contributed by atoms with Gasteiger partial charge < -0.3 is 4.43 Å². The van der Waals surface area contributed by atoms with E-state index in [2.05, 4.69) is 50.5 Å². The van der Waals surface area contributed by atoms with Gasteiger partial charge in [-0.1, -0.05) is 67.2 Å². The van der Waals surface area contributed by atoms with Gasteiger partial charge in [-0.05, 0) is 36.3 Å². The molecule has 0 heterocycles. The normalized spacial score (nSPS) is 12.9. The second-order valence-electron chi connectivity index (χ2n) is 5.91. The highest BCUT2D eigenvalue weighted by Gasteiger charge is 2.25. The smallest absolute Gasteiger partial charge is 0.185 e. The monoisotopic (exact) mass is 282 g/mol. The number of hydrogen-bond donors (Lipinski definition) is 0. The maximum absolute atomic E-state index is 6.38. The molecule has 0 aliphatic heterocycles. The Balaban J connectivity index is 2.35. The molecule has 0 saturated carbocycles. The maximum Gasteiger partial charge on any atom is 0.185 e. The highest BCUT2D eigenvalue weighted by atomic mass is 28.4. The molecule has 2 aromatic carbocycles. The van der Waals surface area contributed by atoms with Crippen LogP contribution in [0.25, 0.3) is 5.57 Å². The highest BCUT2D eigenvalue weighted by molar-refractivity contribution is 6.69. The molecular formula is C18H22OSi. The molecule has 0 aliphatic carbocycles. The lowest BCUT2D eigenvalue weighted by Crippen LogP contribution is -2.28. The van der Waals surface area contributed by atoms with Gasteiger partial charge in [-0.2, -0.15) is 0 Å². The molecule has 2 heteroatoms. The Bertz CT molecular complexity index is 555. The maximum atomic E-state index is 6.38. The third-order valence-electron chi connectivity index (χ3n) is 3.03. The molecule has 2 aromatic rings. The fourth-order valence-electron chi connectivity index (χ4n) is 2.13. The van der Waals surface area contributed by atoms with Crippen LogP contribution in [0.2, 0.25) is 19.6 Å². The summed E-state index contributed by atoms with van der Waals surface area (Å²) in [5, 5.41) is 0. The van der Waals surface area contributed by atoms with Crippen LogP contribution in [0.3, 0.4) is 0 Å². The van der Waals surface area contributed by atoms with Crippen molar-refractivity contribution in [1.82, 2.24) is 0 Å². The van der Waals surface area contributed by atoms with Gasteiger partial charge in [0.15, 0.2) is 8.32 Å². The van der Waals surface area contributed by atoms with Crippen LogP contribution < -0.4 is 0 Å². The molecule has 0 fully saturated rings. The molecule has 0 aliphatic rings. The highest BCUT2D eigenvalue weighted by Crippen LogP contribution is 2.34. The van der Waals surface area contributed by atoms with Crippen molar-refractivity contribution in [3.05, 3.63) is 78.4 Å². The van der Waals surface area contributed by atoms with Crippen LogP contribution in [-0.4, -0.2) is 8.32 Å². The van der Waals surface area contributed by atoms with E-state index in [1.807, 2.05) is 36.4 Å². The zero-order valence-corrected chi connectivity index (χ0v) is 13.5. The predicted molar refractivity (Wildman–Crippen MR) is 89.1 cm³/mol. The minimum atomic E-state index is -1.66. The van der Waals surface area contributed by atoms with E-state index in [9.17, 15) is 0 Å². The first-order valence-electron chi connectivity index (χ1n) is 6.94. The Hall–Kier alpha value is -1.64. The van der Waals surface area contributed by atoms with Crippen LogP contribution >= 0.6 is 0 Å². The van der Waals surface area contributed by atoms with E-state index in [0.29, 0.717) is 0 Å². The van der Waals surface area contributed by atoms with E-state index in [-0.39, 0.29) is 6.10 Å². The number of benzene rings is 2. The van der Waals surface area contributed by atoms with Crippen LogP contribution in [0.5, 0.6) is 0 Å². The molecule has 20 heavy (non-hydrogen) atoms. The van der Waals surface area contributed by atoms with Crippen molar-refractivity contribution in [3.8, 4) is 0 Å². The van der Waals surface area contributed by atoms with E-state index in [1.165, 1.54) is 5.56 Å². The van der Waals surface area contributed by atoms with Crippen molar-refractivity contribution >= 4 is 13.9 Å². The summed E-state index contributed by atoms with van der Waals surface area (Å²) in [6.07, 6.45) is -0.0646. The molecule has 1 nitrogen and oxygen atoms in total. The van der Waals surface area contributed by atoms with E-state index < -0.39 is 8.32 Å². The van der Waals surface area contributed by atoms with Crippen molar-refractivity contribution in [1.29, 1.82) is 0 Å². The van der Waals surface area contributed by atoms with E-state index in [0.717, 1.165) is 11.1 Å². The Morgan fingerprint density at radius 3 is 1.90 bits per heavy atom. The predicted octanol–water partition coefficient (Wildman–Crippen LogP) is 5.29. The van der Waals surface area contributed by atoms with Gasteiger partial charge in [0.25, 0.3) is 0 Å². The summed E-state index contributed by atoms with van der Waals surface area (Å²) in [6.45, 7) is 10.9. The molecule has 0 amide bonds. The van der Waals surface area contributed by atoms with Crippen molar-refractivity contribution in [3.63, 3.8) is 0 Å². The zero-order valence-electron chi connectivity index (χ0n) is 12.5. The number of rotatable bonds is 5. The molecule has 0 N–H and O–H groups in total. The molecule has 0 spiro atoms. The third kappa shape index (κ3) is 3.92. The van der Waals surface area contributed by atoms with Gasteiger partial charge in [0.1, 0.15) is 0 Å². The summed E-state index contributed by atoms with van der Waals surface area (Å²) in [4.78, 5) is 0. The summed E-state index contributed by atoms with van der Waals surface area (Å²) in [5.41, 5.74) is 3.34. The molecule has 2 rings (SSSR count). The van der Waals surface area contributed by atoms with Crippen molar-refractivity contribution in [2.75, 3.05) is 0 Å². The second-order valence-corrected chi connectivity index (χ2v) is 10.4. The van der Waals surface area contributed by atoms with E-state index in [1.54, 1.807) is 0 Å². The van der Waals surface area contributed by atoms with Crippen molar-refractivity contribution in [2.45, 2.75) is 25.7 Å². The molecular weight excluding hydrogens is 260 g/mol. The van der Waals surface area contributed by atoms with Gasteiger partial charge in [0, 0.05) is 0 Å². The van der Waals surface area contributed by atoms with Gasteiger partial charge in [-0.25, -0.2) is 0 Å². The molecule has 0 saturated heterocycles. The molecule has 0 bridgehead atoms. The Morgan fingerprint density at radius 2 is 1.40 bits per heavy atom. The summed E-state index contributed by atoms with van der Waals surface area (Å²) in [6, 6.07) is 20.6. The third-order valence-corrected chi connectivity index (χ3v) is 3.98. The van der Waals surface area contributed by atoms with Crippen LogP contribution in [0, 0.1) is 0 Å². The summed E-state index contributed by atoms with van der Waals surface area (Å²) in [7, 11) is -1.66. The Morgan fingerprint density at radius 1 is 0.900 bits per heavy atom. The summed E-state index contributed by atoms with van der Waals surface area (Å²) < 4.78 is 6.38. The fraction of sp³-hybridized carbons (Fsp3) is 0.222. The van der Waals surface area contributed by atoms with Gasteiger partial charge in [-0.15, -0.1) is 0 Å². The average molecular weight is 282 g/mol. The molecule has 1 unspecified atom stereocenters. The first-order valence-corrected chi connectivity index (χ1v) is 10.4. The van der Waals surface area contributed by atoms with Gasteiger partial charge >= 0.3 is 0 Å². The summed E-state index contributed by atoms with van der Waals surface area (Å²) >= 11 is 0. The minimum absolute atomic E-state index is 0.0646. The molecule has 104 valence electrons. The quantitative estimate of drug-likeness (QED) is 0.677. The largest absolute Gasteiger partial charge is 0.407 e. The minimum Gasteiger partial charge on any atom is -0.407 e. The lowest BCUT2D eigenvalue weighted by atomic mass is 9.97. The SMILES string of the molecule is C=C(c1ccccc1)C(O[Si](C)(C)C)c1ccccc1. The lowest BCUT2D eigenvalue weighted by molar-refractivity contribution is 0.257. The van der Waals surface area contributed by atoms with E-state index >= 15 is 0 Å². The summed E-state index contributed by atoms with van der Waals surface area (Å²) in [5.74, 6) is 0. The standard InChI is InChI=1S/C18H22OSi/c1-15(16-11-7-5-8-12-16)18(19-20(2,3)4)17-13-9-6-10-14-17/h5-14,18H,1H2,2-4H3. The lowest BCUT2D eigenvalue weighted by Gasteiger charge is -2.28. The molecule has 1 atom stereocenters. The van der Waals surface area contributed by atoms with Gasteiger partial charge in [0.05, 0.1) is 6.10 Å². The van der Waals surface area contributed by atoms with Crippen LogP contribution in [0.4, 0.5) is 0 Å². The molecule has 0 aromatic heterocycles. The Kier molecular flexibility index (Phi) is 4.58. The number of hydrogen-bond acceptors (Lipinski definition) is 1. The zero-order chi connectivity index (χ0) is 14.6. The topological polar surface area (TPSA) is 9.23 Å². The van der Waals surface area contributed by atoms with Crippen molar-refractivity contribution in [2.24, 2.45) is 0 Å².